The molecule has 4 rings (SSSR count). The number of aryl methyl sites for hydroxylation is 3. The predicted octanol–water partition coefficient (Wildman–Crippen LogP) is 5.79. The van der Waals surface area contributed by atoms with Crippen LogP contribution < -0.4 is 4.90 Å². The van der Waals surface area contributed by atoms with Crippen LogP contribution in [0.15, 0.2) is 29.5 Å². The molecule has 0 spiro atoms. The number of hydrogen-bond donors (Lipinski definition) is 1. The Balaban J connectivity index is 1.92. The summed E-state index contributed by atoms with van der Waals surface area (Å²) in [4.78, 5) is 49.7. The van der Waals surface area contributed by atoms with Gasteiger partial charge in [-0.1, -0.05) is 40.6 Å². The molecule has 182 valence electrons. The van der Waals surface area contributed by atoms with E-state index in [0.717, 1.165) is 27.6 Å². The van der Waals surface area contributed by atoms with Gasteiger partial charge in [-0.3, -0.25) is 14.5 Å². The van der Waals surface area contributed by atoms with Gasteiger partial charge in [0.15, 0.2) is 10.9 Å². The largest absolute Gasteiger partial charge is 0.503 e. The summed E-state index contributed by atoms with van der Waals surface area (Å²) >= 11 is 15.1. The molecule has 1 aromatic carbocycles. The van der Waals surface area contributed by atoms with E-state index in [9.17, 15) is 19.5 Å². The highest BCUT2D eigenvalue weighted by atomic mass is 35.5. The average Bonchev–Trinajstić information content (AvgIpc) is 3.41. The molecular formula is C23H19Cl2N3O5S2. The number of amides is 1. The predicted molar refractivity (Wildman–Crippen MR) is 135 cm³/mol. The zero-order valence-electron chi connectivity index (χ0n) is 19.0. The number of nitrogens with zero attached hydrogens (tertiary/aromatic N) is 3. The topological polar surface area (TPSA) is 110 Å². The van der Waals surface area contributed by atoms with Crippen molar-refractivity contribution in [1.82, 2.24) is 9.97 Å². The van der Waals surface area contributed by atoms with E-state index in [1.807, 2.05) is 0 Å². The molecule has 1 aliphatic heterocycles. The summed E-state index contributed by atoms with van der Waals surface area (Å²) in [7, 11) is 0. The number of hydrogen-bond acceptors (Lipinski definition) is 9. The van der Waals surface area contributed by atoms with Crippen LogP contribution in [0.25, 0.3) is 0 Å². The maximum atomic E-state index is 13.7. The molecule has 3 heterocycles. The molecule has 12 heteroatoms. The molecule has 0 aliphatic carbocycles. The number of thiazole rings is 2. The molecule has 1 atom stereocenters. The lowest BCUT2D eigenvalue weighted by molar-refractivity contribution is -0.117. The van der Waals surface area contributed by atoms with Crippen molar-refractivity contribution in [3.8, 4) is 0 Å². The minimum Gasteiger partial charge on any atom is -0.503 e. The highest BCUT2D eigenvalue weighted by molar-refractivity contribution is 7.17. The smallest absolute Gasteiger partial charge is 0.350 e. The van der Waals surface area contributed by atoms with E-state index in [1.165, 1.54) is 0 Å². The molecule has 35 heavy (non-hydrogen) atoms. The van der Waals surface area contributed by atoms with Crippen molar-refractivity contribution in [3.05, 3.63) is 71.3 Å². The van der Waals surface area contributed by atoms with Crippen LogP contribution in [0.4, 0.5) is 5.13 Å². The fraction of sp³-hybridized carbons (Fsp3) is 0.261. The first-order valence-electron chi connectivity index (χ1n) is 10.4. The monoisotopic (exact) mass is 551 g/mol. The van der Waals surface area contributed by atoms with Gasteiger partial charge in [0.25, 0.3) is 5.91 Å². The van der Waals surface area contributed by atoms with E-state index in [-0.39, 0.29) is 42.7 Å². The van der Waals surface area contributed by atoms with Gasteiger partial charge in [0.2, 0.25) is 5.78 Å². The number of benzene rings is 1. The lowest BCUT2D eigenvalue weighted by atomic mass is 9.95. The van der Waals surface area contributed by atoms with E-state index in [4.69, 9.17) is 27.9 Å². The maximum absolute atomic E-state index is 13.7. The lowest BCUT2D eigenvalue weighted by Crippen LogP contribution is -2.31. The highest BCUT2D eigenvalue weighted by Gasteiger charge is 2.48. The molecule has 0 saturated heterocycles. The summed E-state index contributed by atoms with van der Waals surface area (Å²) in [6, 6.07) is 3.59. The SMILES string of the molecule is CCOC(=O)c1sc(N2C(=O)C(O)=C(C(=O)c3sc(C)nc3C)C2c2c(Cl)cccc2Cl)nc1C. The van der Waals surface area contributed by atoms with Gasteiger partial charge in [-0.2, -0.15) is 0 Å². The van der Waals surface area contributed by atoms with Crippen molar-refractivity contribution in [2.45, 2.75) is 33.7 Å². The van der Waals surface area contributed by atoms with Gasteiger partial charge < -0.3 is 9.84 Å². The summed E-state index contributed by atoms with van der Waals surface area (Å²) in [5.74, 6) is -2.76. The van der Waals surface area contributed by atoms with Crippen molar-refractivity contribution in [3.63, 3.8) is 0 Å². The summed E-state index contributed by atoms with van der Waals surface area (Å²) in [5.41, 5.74) is 0.874. The average molecular weight is 552 g/mol. The van der Waals surface area contributed by atoms with Crippen molar-refractivity contribution < 1.29 is 24.2 Å². The van der Waals surface area contributed by atoms with Gasteiger partial charge in [-0.15, -0.1) is 11.3 Å². The standard InChI is InChI=1S/C23H19Cl2N3O5S2/c1-5-33-22(32)20-10(3)27-23(35-20)28-16(14-12(24)7-6-8-13(14)25)15(18(30)21(28)31)17(29)19-9(2)26-11(4)34-19/h6-8,16,30H,5H2,1-4H3. The van der Waals surface area contributed by atoms with Gasteiger partial charge >= 0.3 is 5.97 Å². The molecule has 1 aliphatic rings. The van der Waals surface area contributed by atoms with Gasteiger partial charge in [0.05, 0.1) is 33.5 Å². The molecule has 0 radical (unpaired) electrons. The molecular weight excluding hydrogens is 533 g/mol. The Morgan fingerprint density at radius 3 is 2.29 bits per heavy atom. The minimum absolute atomic E-state index is 0.0862. The fourth-order valence-electron chi connectivity index (χ4n) is 3.82. The van der Waals surface area contributed by atoms with E-state index in [2.05, 4.69) is 9.97 Å². The van der Waals surface area contributed by atoms with Crippen LogP contribution in [0.1, 0.15) is 54.3 Å². The van der Waals surface area contributed by atoms with Gasteiger partial charge in [-0.25, -0.2) is 14.8 Å². The summed E-state index contributed by atoms with van der Waals surface area (Å²) in [5, 5.41) is 12.1. The molecule has 0 fully saturated rings. The number of aliphatic hydroxyl groups excluding tert-OH is 1. The van der Waals surface area contributed by atoms with Crippen LogP contribution in [0.5, 0.6) is 0 Å². The van der Waals surface area contributed by atoms with Crippen molar-refractivity contribution in [2.24, 2.45) is 0 Å². The normalized spacial score (nSPS) is 15.8. The van der Waals surface area contributed by atoms with Crippen LogP contribution in [0.2, 0.25) is 10.0 Å². The Hall–Kier alpha value is -2.79. The Labute approximate surface area is 218 Å². The first kappa shape index (κ1) is 25.3. The van der Waals surface area contributed by atoms with Crippen LogP contribution in [0.3, 0.4) is 0 Å². The number of ketones is 1. The molecule has 1 amide bonds. The Kier molecular flexibility index (Phi) is 7.01. The number of esters is 1. The zero-order valence-corrected chi connectivity index (χ0v) is 22.2. The first-order chi connectivity index (χ1) is 16.6. The molecule has 3 aromatic rings. The number of halogens is 2. The van der Waals surface area contributed by atoms with E-state index < -0.39 is 29.5 Å². The maximum Gasteiger partial charge on any atom is 0.350 e. The van der Waals surface area contributed by atoms with Gasteiger partial charge in [-0.05, 0) is 39.8 Å². The Morgan fingerprint density at radius 2 is 1.71 bits per heavy atom. The molecule has 0 saturated carbocycles. The van der Waals surface area contributed by atoms with Crippen LogP contribution in [-0.4, -0.2) is 39.3 Å². The van der Waals surface area contributed by atoms with E-state index in [1.54, 1.807) is 45.9 Å². The van der Waals surface area contributed by atoms with Gasteiger partial charge in [0, 0.05) is 15.6 Å². The zero-order chi connectivity index (χ0) is 25.6. The second-order valence-corrected chi connectivity index (χ2v) is 10.6. The van der Waals surface area contributed by atoms with Crippen LogP contribution in [0, 0.1) is 20.8 Å². The molecule has 1 unspecified atom stereocenters. The Bertz CT molecular complexity index is 1390. The third-order valence-electron chi connectivity index (χ3n) is 5.29. The number of anilines is 1. The van der Waals surface area contributed by atoms with Crippen molar-refractivity contribution in [1.29, 1.82) is 0 Å². The molecule has 8 nitrogen and oxygen atoms in total. The summed E-state index contributed by atoms with van der Waals surface area (Å²) in [6.45, 7) is 6.88. The van der Waals surface area contributed by atoms with E-state index >= 15 is 0 Å². The molecule has 2 aromatic heterocycles. The quantitative estimate of drug-likeness (QED) is 0.305. The number of carbonyl (C=O) groups excluding carboxylic acids is 3. The third kappa shape index (κ3) is 4.35. The van der Waals surface area contributed by atoms with Crippen molar-refractivity contribution in [2.75, 3.05) is 11.5 Å². The van der Waals surface area contributed by atoms with Crippen molar-refractivity contribution >= 4 is 68.7 Å². The number of ether oxygens (including phenoxy) is 1. The number of aliphatic hydroxyl groups is 1. The number of rotatable bonds is 6. The first-order valence-corrected chi connectivity index (χ1v) is 12.8. The lowest BCUT2D eigenvalue weighted by Gasteiger charge is -2.26. The van der Waals surface area contributed by atoms with Crippen LogP contribution in [-0.2, 0) is 9.53 Å². The van der Waals surface area contributed by atoms with E-state index in [0.29, 0.717) is 16.4 Å². The third-order valence-corrected chi connectivity index (χ3v) is 8.16. The number of aromatic nitrogens is 2. The molecule has 1 N–H and O–H groups in total. The summed E-state index contributed by atoms with van der Waals surface area (Å²) < 4.78 is 5.08. The minimum atomic E-state index is -1.18. The second-order valence-electron chi connectivity index (χ2n) is 7.58. The Morgan fingerprint density at radius 1 is 1.09 bits per heavy atom. The summed E-state index contributed by atoms with van der Waals surface area (Å²) in [6.07, 6.45) is 0. The second kappa shape index (κ2) is 9.69. The number of carbonyl (C=O) groups is 3. The molecule has 0 bridgehead atoms. The van der Waals surface area contributed by atoms with Gasteiger partial charge in [0.1, 0.15) is 10.9 Å². The highest BCUT2D eigenvalue weighted by Crippen LogP contribution is 2.48. The fourth-order valence-corrected chi connectivity index (χ4v) is 6.28. The number of Topliss-reactive ketones (excluding diaryl/α,β-unsaturated/α-hetero) is 1. The van der Waals surface area contributed by atoms with Crippen LogP contribution >= 0.6 is 45.9 Å².